The summed E-state index contributed by atoms with van der Waals surface area (Å²) in [4.78, 5) is 13.3. The fraction of sp³-hybridized carbons (Fsp3) is 0.900. The molecule has 0 aliphatic carbocycles. The fourth-order valence-electron chi connectivity index (χ4n) is 1.81. The van der Waals surface area contributed by atoms with E-state index in [9.17, 15) is 4.79 Å². The van der Waals surface area contributed by atoms with Gasteiger partial charge in [0.1, 0.15) is 4.83 Å². The van der Waals surface area contributed by atoms with Gasteiger partial charge in [0.15, 0.2) is 0 Å². The Balaban J connectivity index is 2.36. The Hall–Kier alpha value is -0.0900. The number of halogens is 1. The van der Waals surface area contributed by atoms with Gasteiger partial charge in [-0.1, -0.05) is 29.8 Å². The van der Waals surface area contributed by atoms with Gasteiger partial charge in [0.2, 0.25) is 0 Å². The van der Waals surface area contributed by atoms with Gasteiger partial charge >= 0.3 is 5.97 Å². The van der Waals surface area contributed by atoms with E-state index in [-0.39, 0.29) is 10.8 Å². The van der Waals surface area contributed by atoms with Gasteiger partial charge in [-0.25, -0.2) is 0 Å². The molecular formula is C10H18BrNO2. The number of carbonyl (C=O) groups is 1. The maximum atomic E-state index is 11.2. The van der Waals surface area contributed by atoms with Gasteiger partial charge in [-0.05, 0) is 18.4 Å². The average Bonchev–Trinajstić information content (AvgIpc) is 2.44. The van der Waals surface area contributed by atoms with Gasteiger partial charge < -0.3 is 9.64 Å². The van der Waals surface area contributed by atoms with Crippen molar-refractivity contribution in [3.05, 3.63) is 0 Å². The molecule has 0 saturated carbocycles. The SMILES string of the molecule is COC(=O)C(Br)CN1CCC(C)(C)C1. The van der Waals surface area contributed by atoms with E-state index in [4.69, 9.17) is 0 Å². The van der Waals surface area contributed by atoms with Crippen molar-refractivity contribution >= 4 is 21.9 Å². The molecule has 0 aromatic heterocycles. The highest BCUT2D eigenvalue weighted by molar-refractivity contribution is 9.10. The van der Waals surface area contributed by atoms with Crippen molar-refractivity contribution < 1.29 is 9.53 Å². The number of likely N-dealkylation sites (tertiary alicyclic amines) is 1. The lowest BCUT2D eigenvalue weighted by Gasteiger charge is -2.21. The molecule has 0 aromatic rings. The Labute approximate surface area is 93.9 Å². The van der Waals surface area contributed by atoms with Crippen LogP contribution in [0.25, 0.3) is 0 Å². The summed E-state index contributed by atoms with van der Waals surface area (Å²) in [6.07, 6.45) is 1.20. The molecule has 1 aliphatic heterocycles. The lowest BCUT2D eigenvalue weighted by Crippen LogP contribution is -2.33. The van der Waals surface area contributed by atoms with Crippen molar-refractivity contribution in [2.75, 3.05) is 26.7 Å². The van der Waals surface area contributed by atoms with E-state index in [2.05, 4.69) is 39.4 Å². The first-order valence-corrected chi connectivity index (χ1v) is 5.80. The summed E-state index contributed by atoms with van der Waals surface area (Å²) >= 11 is 3.33. The van der Waals surface area contributed by atoms with E-state index in [0.717, 1.165) is 19.6 Å². The van der Waals surface area contributed by atoms with Crippen molar-refractivity contribution in [2.24, 2.45) is 5.41 Å². The standard InChI is InChI=1S/C10H18BrNO2/c1-10(2)4-5-12(7-10)6-8(11)9(13)14-3/h8H,4-7H2,1-3H3. The molecule has 82 valence electrons. The van der Waals surface area contributed by atoms with Gasteiger partial charge in [0.25, 0.3) is 0 Å². The summed E-state index contributed by atoms with van der Waals surface area (Å²) in [6.45, 7) is 7.40. The number of rotatable bonds is 3. The van der Waals surface area contributed by atoms with E-state index in [0.29, 0.717) is 5.41 Å². The van der Waals surface area contributed by atoms with Crippen LogP contribution in [0.2, 0.25) is 0 Å². The van der Waals surface area contributed by atoms with Gasteiger partial charge in [-0.2, -0.15) is 0 Å². The van der Waals surface area contributed by atoms with Gasteiger partial charge in [0, 0.05) is 13.1 Å². The van der Waals surface area contributed by atoms with Crippen molar-refractivity contribution in [1.29, 1.82) is 0 Å². The first-order valence-electron chi connectivity index (χ1n) is 4.89. The second-order valence-corrected chi connectivity index (χ2v) is 5.75. The highest BCUT2D eigenvalue weighted by Gasteiger charge is 2.31. The average molecular weight is 264 g/mol. The molecule has 0 aromatic carbocycles. The number of alkyl halides is 1. The fourth-order valence-corrected chi connectivity index (χ4v) is 2.41. The lowest BCUT2D eigenvalue weighted by atomic mass is 9.93. The minimum Gasteiger partial charge on any atom is -0.468 e. The molecule has 0 radical (unpaired) electrons. The Morgan fingerprint density at radius 1 is 1.64 bits per heavy atom. The van der Waals surface area contributed by atoms with Crippen LogP contribution in [0.15, 0.2) is 0 Å². The molecular weight excluding hydrogens is 246 g/mol. The minimum absolute atomic E-state index is 0.185. The molecule has 1 aliphatic rings. The zero-order valence-electron chi connectivity index (χ0n) is 9.05. The molecule has 1 unspecified atom stereocenters. The number of ether oxygens (including phenoxy) is 1. The molecule has 0 N–H and O–H groups in total. The van der Waals surface area contributed by atoms with Crippen molar-refractivity contribution in [1.82, 2.24) is 4.90 Å². The van der Waals surface area contributed by atoms with Crippen LogP contribution < -0.4 is 0 Å². The predicted molar refractivity (Wildman–Crippen MR) is 59.6 cm³/mol. The Morgan fingerprint density at radius 2 is 2.29 bits per heavy atom. The third-order valence-electron chi connectivity index (χ3n) is 2.63. The van der Waals surface area contributed by atoms with Crippen LogP contribution >= 0.6 is 15.9 Å². The summed E-state index contributed by atoms with van der Waals surface area (Å²) in [5.41, 5.74) is 0.392. The first-order chi connectivity index (χ1) is 6.44. The van der Waals surface area contributed by atoms with Crippen LogP contribution in [0.3, 0.4) is 0 Å². The summed E-state index contributed by atoms with van der Waals surface area (Å²) in [5.74, 6) is -0.185. The molecule has 1 saturated heterocycles. The van der Waals surface area contributed by atoms with Crippen molar-refractivity contribution in [3.8, 4) is 0 Å². The second-order valence-electron chi connectivity index (χ2n) is 4.64. The number of hydrogen-bond acceptors (Lipinski definition) is 3. The van der Waals surface area contributed by atoms with Gasteiger partial charge in [-0.3, -0.25) is 4.79 Å². The zero-order chi connectivity index (χ0) is 10.8. The van der Waals surface area contributed by atoms with E-state index < -0.39 is 0 Å². The topological polar surface area (TPSA) is 29.5 Å². The number of carbonyl (C=O) groups excluding carboxylic acids is 1. The third kappa shape index (κ3) is 3.24. The first kappa shape index (κ1) is 12.0. The third-order valence-corrected chi connectivity index (χ3v) is 3.30. The number of hydrogen-bond donors (Lipinski definition) is 0. The molecule has 1 rings (SSSR count). The molecule has 14 heavy (non-hydrogen) atoms. The molecule has 1 heterocycles. The van der Waals surface area contributed by atoms with E-state index in [1.54, 1.807) is 0 Å². The maximum Gasteiger partial charge on any atom is 0.320 e. The Kier molecular flexibility index (Phi) is 3.95. The second kappa shape index (κ2) is 4.62. The zero-order valence-corrected chi connectivity index (χ0v) is 10.6. The van der Waals surface area contributed by atoms with Crippen LogP contribution in [0.5, 0.6) is 0 Å². The minimum atomic E-state index is -0.193. The summed E-state index contributed by atoms with van der Waals surface area (Å²) in [7, 11) is 1.42. The van der Waals surface area contributed by atoms with E-state index in [1.807, 2.05) is 0 Å². The van der Waals surface area contributed by atoms with E-state index in [1.165, 1.54) is 13.5 Å². The van der Waals surface area contributed by atoms with Crippen LogP contribution in [0.4, 0.5) is 0 Å². The molecule has 0 amide bonds. The summed E-state index contributed by atoms with van der Waals surface area (Å²) < 4.78 is 4.66. The smallest absolute Gasteiger partial charge is 0.320 e. The van der Waals surface area contributed by atoms with Crippen molar-refractivity contribution in [2.45, 2.75) is 25.1 Å². The van der Waals surface area contributed by atoms with Crippen LogP contribution in [0, 0.1) is 5.41 Å². The quantitative estimate of drug-likeness (QED) is 0.573. The molecule has 0 bridgehead atoms. The molecule has 0 spiro atoms. The van der Waals surface area contributed by atoms with E-state index >= 15 is 0 Å². The molecule has 1 fully saturated rings. The normalized spacial score (nSPS) is 23.4. The van der Waals surface area contributed by atoms with Crippen LogP contribution in [-0.2, 0) is 9.53 Å². The highest BCUT2D eigenvalue weighted by atomic mass is 79.9. The van der Waals surface area contributed by atoms with Gasteiger partial charge in [0.05, 0.1) is 7.11 Å². The van der Waals surface area contributed by atoms with Gasteiger partial charge in [-0.15, -0.1) is 0 Å². The highest BCUT2D eigenvalue weighted by Crippen LogP contribution is 2.29. The summed E-state index contributed by atoms with van der Waals surface area (Å²) in [6, 6.07) is 0. The molecule has 4 heteroatoms. The Morgan fingerprint density at radius 3 is 2.71 bits per heavy atom. The number of esters is 1. The largest absolute Gasteiger partial charge is 0.468 e. The van der Waals surface area contributed by atoms with Crippen LogP contribution in [-0.4, -0.2) is 42.4 Å². The molecule has 1 atom stereocenters. The Bertz CT molecular complexity index is 218. The maximum absolute atomic E-state index is 11.2. The van der Waals surface area contributed by atoms with Crippen molar-refractivity contribution in [3.63, 3.8) is 0 Å². The number of nitrogens with zero attached hydrogens (tertiary/aromatic N) is 1. The number of methoxy groups -OCH3 is 1. The van der Waals surface area contributed by atoms with Crippen LogP contribution in [0.1, 0.15) is 20.3 Å². The monoisotopic (exact) mass is 263 g/mol. The molecule has 3 nitrogen and oxygen atoms in total. The predicted octanol–water partition coefficient (Wildman–Crippen LogP) is 1.65. The summed E-state index contributed by atoms with van der Waals surface area (Å²) in [5, 5.41) is 0. The lowest BCUT2D eigenvalue weighted by molar-refractivity contribution is -0.140.